The number of carbonyl (C=O) groups excluding carboxylic acids is 3. The molecule has 0 aliphatic heterocycles. The van der Waals surface area contributed by atoms with E-state index in [4.69, 9.17) is 14.2 Å². The minimum Gasteiger partial charge on any atom is -0.462 e. The van der Waals surface area contributed by atoms with E-state index in [9.17, 15) is 14.4 Å². The highest BCUT2D eigenvalue weighted by molar-refractivity contribution is 5.71. The second kappa shape index (κ2) is 46.8. The molecule has 58 heavy (non-hydrogen) atoms. The molecule has 0 heterocycles. The van der Waals surface area contributed by atoms with Gasteiger partial charge >= 0.3 is 17.9 Å². The van der Waals surface area contributed by atoms with Crippen molar-refractivity contribution in [3.05, 3.63) is 60.8 Å². The Balaban J connectivity index is 4.42. The lowest BCUT2D eigenvalue weighted by Gasteiger charge is -2.18. The van der Waals surface area contributed by atoms with Crippen LogP contribution in [0.15, 0.2) is 60.8 Å². The standard InChI is InChI=1S/C52H90O6/c1-4-7-10-13-16-19-22-24-26-27-29-30-33-36-39-42-45-51(54)57-48-49(47-56-50(53)44-41-38-35-32-21-18-15-12-9-6-3)58-52(55)46-43-40-37-34-31-28-25-23-20-17-14-11-8-5-2/h8,11,15,17-18,20,26-27,29-30,49H,4-7,9-10,12-14,16,19,21-25,28,31-48H2,1-3H3/b11-8-,18-15-,20-17-,27-26-,30-29-. The molecule has 0 rings (SSSR count). The second-order valence-corrected chi connectivity index (χ2v) is 16.0. The van der Waals surface area contributed by atoms with Crippen LogP contribution in [0.2, 0.25) is 0 Å². The summed E-state index contributed by atoms with van der Waals surface area (Å²) in [5.74, 6) is -0.941. The maximum absolute atomic E-state index is 12.7. The molecule has 0 amide bonds. The number of carbonyl (C=O) groups is 3. The average Bonchev–Trinajstić information content (AvgIpc) is 3.22. The van der Waals surface area contributed by atoms with Gasteiger partial charge in [0.25, 0.3) is 0 Å². The summed E-state index contributed by atoms with van der Waals surface area (Å²) in [6.45, 7) is 6.44. The van der Waals surface area contributed by atoms with E-state index in [0.29, 0.717) is 19.3 Å². The van der Waals surface area contributed by atoms with Gasteiger partial charge in [-0.2, -0.15) is 0 Å². The van der Waals surface area contributed by atoms with Crippen LogP contribution in [0.1, 0.15) is 233 Å². The van der Waals surface area contributed by atoms with E-state index in [1.807, 2.05) is 0 Å². The molecule has 0 spiro atoms. The van der Waals surface area contributed by atoms with E-state index in [-0.39, 0.29) is 31.1 Å². The Morgan fingerprint density at radius 2 is 0.741 bits per heavy atom. The van der Waals surface area contributed by atoms with Crippen LogP contribution in [0.4, 0.5) is 0 Å². The Hall–Kier alpha value is -2.89. The van der Waals surface area contributed by atoms with Gasteiger partial charge in [-0.15, -0.1) is 0 Å². The van der Waals surface area contributed by atoms with Crippen molar-refractivity contribution >= 4 is 17.9 Å². The second-order valence-electron chi connectivity index (χ2n) is 16.0. The molecular weight excluding hydrogens is 721 g/mol. The van der Waals surface area contributed by atoms with Crippen LogP contribution in [0, 0.1) is 0 Å². The fourth-order valence-electron chi connectivity index (χ4n) is 6.57. The quantitative estimate of drug-likeness (QED) is 0.0201. The zero-order chi connectivity index (χ0) is 42.3. The summed E-state index contributed by atoms with van der Waals surface area (Å²) in [7, 11) is 0. The Morgan fingerprint density at radius 1 is 0.379 bits per heavy atom. The van der Waals surface area contributed by atoms with Crippen LogP contribution in [-0.4, -0.2) is 37.2 Å². The fraction of sp³-hybridized carbons (Fsp3) is 0.750. The first-order chi connectivity index (χ1) is 28.5. The van der Waals surface area contributed by atoms with E-state index >= 15 is 0 Å². The Bertz CT molecular complexity index is 1070. The van der Waals surface area contributed by atoms with Crippen LogP contribution in [0.3, 0.4) is 0 Å². The van der Waals surface area contributed by atoms with Gasteiger partial charge in [-0.1, -0.05) is 184 Å². The van der Waals surface area contributed by atoms with Crippen molar-refractivity contribution in [1.82, 2.24) is 0 Å². The summed E-state index contributed by atoms with van der Waals surface area (Å²) in [5, 5.41) is 0. The largest absolute Gasteiger partial charge is 0.462 e. The summed E-state index contributed by atoms with van der Waals surface area (Å²) in [6, 6.07) is 0. The zero-order valence-electron chi connectivity index (χ0n) is 38.0. The van der Waals surface area contributed by atoms with Crippen molar-refractivity contribution in [3.8, 4) is 0 Å². The topological polar surface area (TPSA) is 78.9 Å². The van der Waals surface area contributed by atoms with Gasteiger partial charge in [0.05, 0.1) is 0 Å². The molecule has 6 nitrogen and oxygen atoms in total. The molecule has 0 radical (unpaired) electrons. The number of hydrogen-bond donors (Lipinski definition) is 0. The molecule has 0 aliphatic rings. The highest BCUT2D eigenvalue weighted by Crippen LogP contribution is 2.13. The van der Waals surface area contributed by atoms with Gasteiger partial charge < -0.3 is 14.2 Å². The summed E-state index contributed by atoms with van der Waals surface area (Å²) in [4.78, 5) is 37.8. The van der Waals surface area contributed by atoms with Crippen LogP contribution in [0.25, 0.3) is 0 Å². The zero-order valence-corrected chi connectivity index (χ0v) is 38.0. The first kappa shape index (κ1) is 55.1. The predicted molar refractivity (Wildman–Crippen MR) is 247 cm³/mol. The third kappa shape index (κ3) is 44.2. The lowest BCUT2D eigenvalue weighted by Crippen LogP contribution is -2.30. The monoisotopic (exact) mass is 811 g/mol. The summed E-state index contributed by atoms with van der Waals surface area (Å²) >= 11 is 0. The maximum Gasteiger partial charge on any atom is 0.306 e. The van der Waals surface area contributed by atoms with Crippen LogP contribution in [0.5, 0.6) is 0 Å². The number of unbranched alkanes of at least 4 members (excludes halogenated alkanes) is 23. The molecule has 0 N–H and O–H groups in total. The Labute approximate surface area is 358 Å². The van der Waals surface area contributed by atoms with E-state index < -0.39 is 6.10 Å². The van der Waals surface area contributed by atoms with Gasteiger partial charge in [0.1, 0.15) is 13.2 Å². The van der Waals surface area contributed by atoms with Crippen LogP contribution >= 0.6 is 0 Å². The molecule has 0 bridgehead atoms. The van der Waals surface area contributed by atoms with Crippen molar-refractivity contribution < 1.29 is 28.6 Å². The lowest BCUT2D eigenvalue weighted by atomic mass is 10.1. The van der Waals surface area contributed by atoms with Gasteiger partial charge in [0, 0.05) is 19.3 Å². The molecule has 0 saturated heterocycles. The molecule has 1 atom stereocenters. The van der Waals surface area contributed by atoms with Gasteiger partial charge in [-0.25, -0.2) is 0 Å². The first-order valence-electron chi connectivity index (χ1n) is 24.3. The summed E-state index contributed by atoms with van der Waals surface area (Å²) < 4.78 is 16.7. The Kier molecular flexibility index (Phi) is 44.5. The van der Waals surface area contributed by atoms with Crippen molar-refractivity contribution in [3.63, 3.8) is 0 Å². The highest BCUT2D eigenvalue weighted by atomic mass is 16.6. The number of rotatable bonds is 43. The third-order valence-corrected chi connectivity index (χ3v) is 10.3. The SMILES string of the molecule is CC/C=C\C/C=C\CCCCCCCCCC(=O)OC(COC(=O)CCCCC/C=C\C=C/CCCCCCCCC)COC(=O)CCCCCC/C=C\CCCC. The van der Waals surface area contributed by atoms with E-state index in [0.717, 1.165) is 109 Å². The molecule has 0 aromatic rings. The first-order valence-corrected chi connectivity index (χ1v) is 24.3. The normalized spacial score (nSPS) is 12.5. The molecule has 0 aromatic carbocycles. The number of esters is 3. The molecule has 6 heteroatoms. The molecule has 0 aliphatic carbocycles. The van der Waals surface area contributed by atoms with Gasteiger partial charge in [-0.3, -0.25) is 14.4 Å². The van der Waals surface area contributed by atoms with E-state index in [2.05, 4.69) is 81.5 Å². The van der Waals surface area contributed by atoms with Gasteiger partial charge in [0.2, 0.25) is 0 Å². The number of allylic oxidation sites excluding steroid dienone is 10. The minimum absolute atomic E-state index is 0.0924. The fourth-order valence-corrected chi connectivity index (χ4v) is 6.57. The van der Waals surface area contributed by atoms with Gasteiger partial charge in [0.15, 0.2) is 6.10 Å². The van der Waals surface area contributed by atoms with Crippen molar-refractivity contribution in [2.45, 2.75) is 239 Å². The molecule has 0 saturated carbocycles. The lowest BCUT2D eigenvalue weighted by molar-refractivity contribution is -0.167. The smallest absolute Gasteiger partial charge is 0.306 e. The van der Waals surface area contributed by atoms with E-state index in [1.165, 1.54) is 83.5 Å². The number of ether oxygens (including phenoxy) is 3. The maximum atomic E-state index is 12.7. The predicted octanol–water partition coefficient (Wildman–Crippen LogP) is 15.7. The molecule has 1 unspecified atom stereocenters. The highest BCUT2D eigenvalue weighted by Gasteiger charge is 2.19. The molecule has 334 valence electrons. The number of hydrogen-bond acceptors (Lipinski definition) is 6. The van der Waals surface area contributed by atoms with E-state index in [1.54, 1.807) is 0 Å². The van der Waals surface area contributed by atoms with Crippen LogP contribution < -0.4 is 0 Å². The third-order valence-electron chi connectivity index (χ3n) is 10.3. The Morgan fingerprint density at radius 3 is 1.22 bits per heavy atom. The minimum atomic E-state index is -0.791. The average molecular weight is 811 g/mol. The van der Waals surface area contributed by atoms with Crippen molar-refractivity contribution in [2.75, 3.05) is 13.2 Å². The molecule has 0 fully saturated rings. The van der Waals surface area contributed by atoms with Crippen molar-refractivity contribution in [2.24, 2.45) is 0 Å². The van der Waals surface area contributed by atoms with Crippen LogP contribution in [-0.2, 0) is 28.6 Å². The summed E-state index contributed by atoms with van der Waals surface area (Å²) in [5.41, 5.74) is 0. The van der Waals surface area contributed by atoms with Gasteiger partial charge in [-0.05, 0) is 89.9 Å². The molecule has 0 aromatic heterocycles. The summed E-state index contributed by atoms with van der Waals surface area (Å²) in [6.07, 6.45) is 56.3. The molecular formula is C52H90O6. The van der Waals surface area contributed by atoms with Crippen molar-refractivity contribution in [1.29, 1.82) is 0 Å².